The summed E-state index contributed by atoms with van der Waals surface area (Å²) in [4.78, 5) is 0. The van der Waals surface area contributed by atoms with Crippen molar-refractivity contribution in [3.05, 3.63) is 34.9 Å². The van der Waals surface area contributed by atoms with Crippen molar-refractivity contribution < 1.29 is 8.78 Å². The fraction of sp³-hybridized carbons (Fsp3) is 0.455. The van der Waals surface area contributed by atoms with Crippen LogP contribution in [0.4, 0.5) is 8.78 Å². The van der Waals surface area contributed by atoms with Gasteiger partial charge in [0.15, 0.2) is 0 Å². The smallest absolute Gasteiger partial charge is 0.128 e. The van der Waals surface area contributed by atoms with Crippen LogP contribution in [0.15, 0.2) is 12.1 Å². The molecule has 0 bridgehead atoms. The first kappa shape index (κ1) is 10.9. The predicted molar refractivity (Wildman–Crippen MR) is 58.7 cm³/mol. The Morgan fingerprint density at radius 1 is 1.40 bits per heavy atom. The average Bonchev–Trinajstić information content (AvgIpc) is 2.23. The van der Waals surface area contributed by atoms with Crippen LogP contribution in [0.1, 0.15) is 30.5 Å². The Labute approximate surface area is 92.0 Å². The van der Waals surface area contributed by atoms with Gasteiger partial charge in [-0.1, -0.05) is 6.92 Å². The van der Waals surface area contributed by atoms with Crippen LogP contribution in [0, 0.1) is 11.6 Å². The van der Waals surface area contributed by atoms with E-state index in [9.17, 15) is 8.78 Å². The summed E-state index contributed by atoms with van der Waals surface area (Å²) in [7, 11) is 0. The van der Waals surface area contributed by atoms with E-state index < -0.39 is 0 Å². The van der Waals surface area contributed by atoms with Crippen molar-refractivity contribution in [3.8, 4) is 0 Å². The molecule has 0 fully saturated rings. The summed E-state index contributed by atoms with van der Waals surface area (Å²) in [5, 5.41) is 0.189. The monoisotopic (exact) mass is 229 g/mol. The van der Waals surface area contributed by atoms with Crippen LogP contribution in [-0.2, 0) is 5.75 Å². The fourth-order valence-corrected chi connectivity index (χ4v) is 3.22. The third kappa shape index (κ3) is 1.76. The van der Waals surface area contributed by atoms with Gasteiger partial charge in [-0.25, -0.2) is 8.78 Å². The maximum Gasteiger partial charge on any atom is 0.128 e. The summed E-state index contributed by atoms with van der Waals surface area (Å²) in [6.45, 7) is 2.01. The Balaban J connectivity index is 2.50. The molecule has 0 aliphatic carbocycles. The first-order chi connectivity index (χ1) is 7.15. The maximum absolute atomic E-state index is 13.6. The molecule has 0 saturated heterocycles. The average molecular weight is 229 g/mol. The molecule has 2 unspecified atom stereocenters. The summed E-state index contributed by atoms with van der Waals surface area (Å²) >= 11 is 1.61. The van der Waals surface area contributed by atoms with Crippen LogP contribution in [0.3, 0.4) is 0 Å². The van der Waals surface area contributed by atoms with E-state index in [2.05, 4.69) is 0 Å². The van der Waals surface area contributed by atoms with E-state index in [4.69, 9.17) is 5.73 Å². The number of thioether (sulfide) groups is 1. The lowest BCUT2D eigenvalue weighted by Gasteiger charge is -2.30. The number of nitrogens with two attached hydrogens (primary N) is 1. The number of hydrogen-bond donors (Lipinski definition) is 1. The van der Waals surface area contributed by atoms with Crippen molar-refractivity contribution in [3.63, 3.8) is 0 Å². The maximum atomic E-state index is 13.6. The molecule has 1 aliphatic rings. The second-order valence-electron chi connectivity index (χ2n) is 3.70. The lowest BCUT2D eigenvalue weighted by atomic mass is 9.96. The molecule has 2 rings (SSSR count). The van der Waals surface area contributed by atoms with E-state index in [1.54, 1.807) is 11.8 Å². The van der Waals surface area contributed by atoms with Gasteiger partial charge in [-0.05, 0) is 18.6 Å². The summed E-state index contributed by atoms with van der Waals surface area (Å²) in [5.41, 5.74) is 6.76. The van der Waals surface area contributed by atoms with Crippen LogP contribution in [0.2, 0.25) is 0 Å². The number of halogens is 2. The first-order valence-electron chi connectivity index (χ1n) is 4.99. The van der Waals surface area contributed by atoms with Crippen LogP contribution < -0.4 is 5.73 Å². The van der Waals surface area contributed by atoms with Gasteiger partial charge in [0.25, 0.3) is 0 Å². The molecule has 2 atom stereocenters. The topological polar surface area (TPSA) is 26.0 Å². The van der Waals surface area contributed by atoms with E-state index in [0.29, 0.717) is 16.9 Å². The van der Waals surface area contributed by atoms with E-state index >= 15 is 0 Å². The third-order valence-electron chi connectivity index (χ3n) is 2.82. The van der Waals surface area contributed by atoms with E-state index in [1.807, 2.05) is 6.92 Å². The molecule has 1 heterocycles. The Hall–Kier alpha value is -0.610. The van der Waals surface area contributed by atoms with Gasteiger partial charge in [0.2, 0.25) is 0 Å². The highest BCUT2D eigenvalue weighted by Crippen LogP contribution is 2.39. The molecule has 0 aromatic heterocycles. The zero-order chi connectivity index (χ0) is 11.0. The highest BCUT2D eigenvalue weighted by molar-refractivity contribution is 7.99. The molecule has 82 valence electrons. The zero-order valence-electron chi connectivity index (χ0n) is 8.47. The molecule has 4 heteroatoms. The Morgan fingerprint density at radius 2 is 2.07 bits per heavy atom. The van der Waals surface area contributed by atoms with Crippen LogP contribution >= 0.6 is 11.8 Å². The van der Waals surface area contributed by atoms with Gasteiger partial charge in [-0.2, -0.15) is 11.8 Å². The molecular formula is C11H13F2NS. The SMILES string of the molecule is CCC1SCc2c(F)ccc(F)c2C1N. The van der Waals surface area contributed by atoms with Gasteiger partial charge in [-0.15, -0.1) is 0 Å². The Morgan fingerprint density at radius 3 is 2.73 bits per heavy atom. The molecule has 0 amide bonds. The fourth-order valence-electron chi connectivity index (χ4n) is 1.97. The standard InChI is InChI=1S/C11H13F2NS/c1-2-9-11(14)10-6(5-15-9)7(12)3-4-8(10)13/h3-4,9,11H,2,5,14H2,1H3. The first-order valence-corrected chi connectivity index (χ1v) is 6.04. The number of fused-ring (bicyclic) bond motifs is 1. The molecule has 1 aromatic rings. The molecule has 1 aromatic carbocycles. The summed E-state index contributed by atoms with van der Waals surface area (Å²) in [6, 6.07) is 1.95. The van der Waals surface area contributed by atoms with Crippen molar-refractivity contribution in [2.45, 2.75) is 30.4 Å². The van der Waals surface area contributed by atoms with Crippen LogP contribution in [0.5, 0.6) is 0 Å². The van der Waals surface area contributed by atoms with Crippen molar-refractivity contribution in [1.29, 1.82) is 0 Å². The van der Waals surface area contributed by atoms with E-state index in [1.165, 1.54) is 6.07 Å². The molecule has 1 aliphatic heterocycles. The Bertz CT molecular complexity index is 381. The van der Waals surface area contributed by atoms with Crippen LogP contribution in [0.25, 0.3) is 0 Å². The number of hydrogen-bond acceptors (Lipinski definition) is 2. The number of rotatable bonds is 1. The van der Waals surface area contributed by atoms with Gasteiger partial charge in [0.1, 0.15) is 11.6 Å². The molecule has 2 N–H and O–H groups in total. The van der Waals surface area contributed by atoms with Crippen molar-refractivity contribution in [2.75, 3.05) is 0 Å². The van der Waals surface area contributed by atoms with Gasteiger partial charge >= 0.3 is 0 Å². The van der Waals surface area contributed by atoms with E-state index in [0.717, 1.165) is 12.5 Å². The zero-order valence-corrected chi connectivity index (χ0v) is 9.28. The minimum absolute atomic E-state index is 0.189. The second-order valence-corrected chi connectivity index (χ2v) is 4.93. The van der Waals surface area contributed by atoms with Gasteiger partial charge in [0, 0.05) is 28.2 Å². The lowest BCUT2D eigenvalue weighted by Crippen LogP contribution is -2.29. The lowest BCUT2D eigenvalue weighted by molar-refractivity contribution is 0.536. The minimum atomic E-state index is -0.389. The molecule has 0 saturated carbocycles. The summed E-state index contributed by atoms with van der Waals surface area (Å²) in [6.07, 6.45) is 0.876. The summed E-state index contributed by atoms with van der Waals surface area (Å²) in [5.74, 6) is -0.202. The highest BCUT2D eigenvalue weighted by atomic mass is 32.2. The molecule has 1 nitrogen and oxygen atoms in total. The van der Waals surface area contributed by atoms with Gasteiger partial charge in [-0.3, -0.25) is 0 Å². The molecule has 0 radical (unpaired) electrons. The molecular weight excluding hydrogens is 216 g/mol. The van der Waals surface area contributed by atoms with Crippen molar-refractivity contribution in [2.24, 2.45) is 5.73 Å². The quantitative estimate of drug-likeness (QED) is 0.801. The largest absolute Gasteiger partial charge is 0.323 e. The van der Waals surface area contributed by atoms with Crippen molar-refractivity contribution in [1.82, 2.24) is 0 Å². The second kappa shape index (κ2) is 4.10. The van der Waals surface area contributed by atoms with Crippen LogP contribution in [-0.4, -0.2) is 5.25 Å². The van der Waals surface area contributed by atoms with Crippen molar-refractivity contribution >= 4 is 11.8 Å². The molecule has 15 heavy (non-hydrogen) atoms. The third-order valence-corrected chi connectivity index (χ3v) is 4.33. The highest BCUT2D eigenvalue weighted by Gasteiger charge is 2.30. The van der Waals surface area contributed by atoms with Gasteiger partial charge in [0.05, 0.1) is 0 Å². The number of benzene rings is 1. The summed E-state index contributed by atoms with van der Waals surface area (Å²) < 4.78 is 27.0. The minimum Gasteiger partial charge on any atom is -0.323 e. The van der Waals surface area contributed by atoms with Gasteiger partial charge < -0.3 is 5.73 Å². The normalized spacial score (nSPS) is 25.1. The Kier molecular flexibility index (Phi) is 2.98. The van der Waals surface area contributed by atoms with E-state index in [-0.39, 0.29) is 22.9 Å². The molecule has 0 spiro atoms. The predicted octanol–water partition coefficient (Wildman–Crippen LogP) is 2.99.